The lowest BCUT2D eigenvalue weighted by Gasteiger charge is -2.37. The number of nitrogens with one attached hydrogen (secondary N) is 2. The van der Waals surface area contributed by atoms with Crippen LogP contribution in [0.4, 0.5) is 5.82 Å². The Morgan fingerprint density at radius 3 is 2.56 bits per heavy atom. The molecule has 5 rings (SSSR count). The first-order valence-corrected chi connectivity index (χ1v) is 11.4. The average molecular weight is 467 g/mol. The standard InChI is InChI=1S/C24H24Cl2N6/c1-31-9-11-32(12-10-31)24-27-8-7-21(30-24)29-22-14-16-5-6-17(13-18(16)15-28-22)23-19(25)3-2-4-20(23)26/h2-8,13-15,24,30H,9-12H2,1H3,(H,28,29). The van der Waals surface area contributed by atoms with E-state index in [-0.39, 0.29) is 6.29 Å². The van der Waals surface area contributed by atoms with Crippen molar-refractivity contribution in [3.05, 3.63) is 70.6 Å². The number of aliphatic imine (C=N–C) groups is 1. The Hall–Kier alpha value is -2.64. The smallest absolute Gasteiger partial charge is 0.177 e. The molecule has 2 aliphatic rings. The molecule has 32 heavy (non-hydrogen) atoms. The van der Waals surface area contributed by atoms with Crippen molar-refractivity contribution in [3.8, 4) is 11.1 Å². The van der Waals surface area contributed by atoms with Gasteiger partial charge in [0.15, 0.2) is 6.29 Å². The van der Waals surface area contributed by atoms with Crippen LogP contribution < -0.4 is 10.6 Å². The number of likely N-dealkylation sites (N-methyl/N-ethyl adjacent to an activating group) is 1. The third-order valence-electron chi connectivity index (χ3n) is 5.87. The Kier molecular flexibility index (Phi) is 6.02. The zero-order chi connectivity index (χ0) is 22.1. The summed E-state index contributed by atoms with van der Waals surface area (Å²) in [6.07, 6.45) is 5.59. The Balaban J connectivity index is 1.32. The molecule has 1 fully saturated rings. The van der Waals surface area contributed by atoms with E-state index >= 15 is 0 Å². The van der Waals surface area contributed by atoms with Gasteiger partial charge in [-0.25, -0.2) is 4.98 Å². The average Bonchev–Trinajstić information content (AvgIpc) is 2.80. The van der Waals surface area contributed by atoms with E-state index in [9.17, 15) is 0 Å². The van der Waals surface area contributed by atoms with Crippen LogP contribution in [0.25, 0.3) is 21.9 Å². The summed E-state index contributed by atoms with van der Waals surface area (Å²) in [5.41, 5.74) is 1.81. The van der Waals surface area contributed by atoms with E-state index in [0.717, 1.165) is 59.7 Å². The van der Waals surface area contributed by atoms with Gasteiger partial charge in [0.2, 0.25) is 0 Å². The van der Waals surface area contributed by atoms with Crippen molar-refractivity contribution >= 4 is 46.0 Å². The summed E-state index contributed by atoms with van der Waals surface area (Å²) >= 11 is 12.8. The highest BCUT2D eigenvalue weighted by Gasteiger charge is 2.23. The highest BCUT2D eigenvalue weighted by Crippen LogP contribution is 2.36. The second-order valence-electron chi connectivity index (χ2n) is 8.09. The predicted octanol–water partition coefficient (Wildman–Crippen LogP) is 4.67. The first-order valence-electron chi connectivity index (χ1n) is 10.6. The summed E-state index contributed by atoms with van der Waals surface area (Å²) in [7, 11) is 2.15. The molecule has 6 nitrogen and oxygen atoms in total. The molecule has 2 N–H and O–H groups in total. The van der Waals surface area contributed by atoms with E-state index in [1.807, 2.05) is 48.8 Å². The van der Waals surface area contributed by atoms with Crippen molar-refractivity contribution in [1.29, 1.82) is 0 Å². The largest absolute Gasteiger partial charge is 0.338 e. The van der Waals surface area contributed by atoms with E-state index < -0.39 is 0 Å². The molecular formula is C24H24Cl2N6. The van der Waals surface area contributed by atoms with Gasteiger partial charge in [-0.05, 0) is 48.3 Å². The first-order chi connectivity index (χ1) is 15.6. The van der Waals surface area contributed by atoms with E-state index in [1.165, 1.54) is 0 Å². The summed E-state index contributed by atoms with van der Waals surface area (Å²) in [5.74, 6) is 1.66. The summed E-state index contributed by atoms with van der Waals surface area (Å²) in [4.78, 5) is 13.9. The van der Waals surface area contributed by atoms with Gasteiger partial charge in [0.05, 0.1) is 0 Å². The van der Waals surface area contributed by atoms with Crippen LogP contribution >= 0.6 is 23.2 Å². The number of rotatable bonds is 4. The predicted molar refractivity (Wildman–Crippen MR) is 133 cm³/mol. The van der Waals surface area contributed by atoms with Gasteiger partial charge in [0.25, 0.3) is 0 Å². The van der Waals surface area contributed by atoms with Crippen LogP contribution in [0.15, 0.2) is 65.6 Å². The first kappa shape index (κ1) is 21.2. The van der Waals surface area contributed by atoms with Crippen molar-refractivity contribution in [1.82, 2.24) is 20.1 Å². The number of nitrogens with zero attached hydrogens (tertiary/aromatic N) is 4. The molecule has 1 aromatic heterocycles. The molecule has 2 aliphatic heterocycles. The molecule has 1 atom stereocenters. The van der Waals surface area contributed by atoms with Crippen molar-refractivity contribution < 1.29 is 0 Å². The van der Waals surface area contributed by atoms with Gasteiger partial charge in [-0.15, -0.1) is 0 Å². The molecule has 0 bridgehead atoms. The third-order valence-corrected chi connectivity index (χ3v) is 6.50. The maximum absolute atomic E-state index is 6.38. The molecule has 164 valence electrons. The maximum atomic E-state index is 6.38. The molecule has 2 aromatic carbocycles. The number of allylic oxidation sites excluding steroid dienone is 1. The SMILES string of the molecule is CN1CCN(C2N=CC=C(Nc3cc4ccc(-c5c(Cl)cccc5Cl)cc4cn3)N2)CC1. The molecule has 0 radical (unpaired) electrons. The number of halogens is 2. The minimum atomic E-state index is -0.0559. The molecule has 3 heterocycles. The fraction of sp³-hybridized carbons (Fsp3) is 0.250. The van der Waals surface area contributed by atoms with Crippen LogP contribution in [0.2, 0.25) is 10.0 Å². The number of anilines is 1. The number of hydrogen-bond acceptors (Lipinski definition) is 6. The molecule has 0 spiro atoms. The molecule has 3 aromatic rings. The van der Waals surface area contributed by atoms with Crippen LogP contribution in [-0.4, -0.2) is 60.5 Å². The van der Waals surface area contributed by atoms with Crippen LogP contribution in [0.1, 0.15) is 0 Å². The maximum Gasteiger partial charge on any atom is 0.177 e. The highest BCUT2D eigenvalue weighted by atomic mass is 35.5. The summed E-state index contributed by atoms with van der Waals surface area (Å²) in [6, 6.07) is 13.7. The Morgan fingerprint density at radius 1 is 1.00 bits per heavy atom. The Bertz CT molecular complexity index is 1180. The van der Waals surface area contributed by atoms with Crippen molar-refractivity contribution in [2.45, 2.75) is 6.29 Å². The van der Waals surface area contributed by atoms with E-state index in [1.54, 1.807) is 0 Å². The summed E-state index contributed by atoms with van der Waals surface area (Å²) in [5, 5.41) is 10.2. The van der Waals surface area contributed by atoms with Crippen LogP contribution in [0, 0.1) is 0 Å². The number of piperazine rings is 1. The van der Waals surface area contributed by atoms with Gasteiger partial charge in [-0.1, -0.05) is 41.4 Å². The minimum absolute atomic E-state index is 0.0559. The molecule has 0 saturated carbocycles. The van der Waals surface area contributed by atoms with E-state index in [4.69, 9.17) is 23.2 Å². The fourth-order valence-corrected chi connectivity index (χ4v) is 4.65. The number of benzene rings is 2. The molecule has 0 aliphatic carbocycles. The van der Waals surface area contributed by atoms with Crippen molar-refractivity contribution in [3.63, 3.8) is 0 Å². The number of fused-ring (bicyclic) bond motifs is 1. The Morgan fingerprint density at radius 2 is 1.78 bits per heavy atom. The quantitative estimate of drug-likeness (QED) is 0.585. The molecule has 1 unspecified atom stereocenters. The number of pyridine rings is 1. The fourth-order valence-electron chi connectivity index (χ4n) is 4.03. The van der Waals surface area contributed by atoms with Gasteiger partial charge >= 0.3 is 0 Å². The van der Waals surface area contributed by atoms with E-state index in [0.29, 0.717) is 10.0 Å². The number of hydrogen-bond donors (Lipinski definition) is 2. The van der Waals surface area contributed by atoms with Gasteiger partial charge in [-0.2, -0.15) is 0 Å². The van der Waals surface area contributed by atoms with Gasteiger partial charge in [0.1, 0.15) is 11.6 Å². The number of aromatic nitrogens is 1. The lowest BCUT2D eigenvalue weighted by Crippen LogP contribution is -2.54. The molecule has 0 amide bonds. The summed E-state index contributed by atoms with van der Waals surface area (Å²) < 4.78 is 0. The van der Waals surface area contributed by atoms with Gasteiger partial charge in [-0.3, -0.25) is 9.89 Å². The second-order valence-corrected chi connectivity index (χ2v) is 8.90. The third kappa shape index (κ3) is 4.45. The Labute approximate surface area is 197 Å². The molecule has 1 saturated heterocycles. The van der Waals surface area contributed by atoms with Crippen LogP contribution in [0.5, 0.6) is 0 Å². The normalized spacial score (nSPS) is 19.6. The van der Waals surface area contributed by atoms with E-state index in [2.05, 4.69) is 49.6 Å². The topological polar surface area (TPSA) is 55.8 Å². The monoisotopic (exact) mass is 466 g/mol. The van der Waals surface area contributed by atoms with Gasteiger partial charge in [0, 0.05) is 59.6 Å². The molecular weight excluding hydrogens is 443 g/mol. The van der Waals surface area contributed by atoms with Crippen molar-refractivity contribution in [2.75, 3.05) is 38.5 Å². The lowest BCUT2D eigenvalue weighted by atomic mass is 10.0. The minimum Gasteiger partial charge on any atom is -0.338 e. The van der Waals surface area contributed by atoms with Gasteiger partial charge < -0.3 is 15.5 Å². The van der Waals surface area contributed by atoms with Crippen LogP contribution in [0.3, 0.4) is 0 Å². The second kappa shape index (κ2) is 9.08. The summed E-state index contributed by atoms with van der Waals surface area (Å²) in [6.45, 7) is 4.08. The lowest BCUT2D eigenvalue weighted by molar-refractivity contribution is 0.103. The highest BCUT2D eigenvalue weighted by molar-refractivity contribution is 6.39. The zero-order valence-corrected chi connectivity index (χ0v) is 19.2. The zero-order valence-electron chi connectivity index (χ0n) is 17.7. The van der Waals surface area contributed by atoms with Crippen molar-refractivity contribution in [2.24, 2.45) is 4.99 Å². The molecule has 8 heteroatoms. The van der Waals surface area contributed by atoms with Crippen LogP contribution in [-0.2, 0) is 0 Å².